The van der Waals surface area contributed by atoms with Gasteiger partial charge in [-0.25, -0.2) is 4.79 Å². The quantitative estimate of drug-likeness (QED) is 0.665. The molecule has 0 heterocycles. The molecule has 0 bridgehead atoms. The van der Waals surface area contributed by atoms with Crippen molar-refractivity contribution >= 4 is 6.09 Å². The van der Waals surface area contributed by atoms with Crippen molar-refractivity contribution in [2.24, 2.45) is 0 Å². The molecule has 126 valence electrons. The van der Waals surface area contributed by atoms with Crippen LogP contribution in [0, 0.1) is 0 Å². The molecule has 21 heavy (non-hydrogen) atoms. The molecule has 0 radical (unpaired) electrons. The van der Waals surface area contributed by atoms with Crippen LogP contribution < -0.4 is 5.32 Å². The maximum atomic E-state index is 11.8. The van der Waals surface area contributed by atoms with Gasteiger partial charge in [-0.3, -0.25) is 0 Å². The van der Waals surface area contributed by atoms with Crippen LogP contribution >= 0.6 is 0 Å². The Hall–Kier alpha value is -0.810. The van der Waals surface area contributed by atoms with E-state index in [4.69, 9.17) is 9.47 Å². The lowest BCUT2D eigenvalue weighted by molar-refractivity contribution is 0.0296. The Labute approximate surface area is 130 Å². The fourth-order valence-corrected chi connectivity index (χ4v) is 1.66. The normalized spacial score (nSPS) is 12.3. The number of rotatable bonds is 9. The minimum absolute atomic E-state index is 0.00249. The zero-order valence-corrected chi connectivity index (χ0v) is 14.9. The molecule has 0 aliphatic rings. The standard InChI is InChI=1S/C16H34N2O3/c1-8-12-20-13-9-16(5,6)17-10-11-18(7)14(19)21-15(2,3)4/h17H,8-13H2,1-7H3. The number of hydrogen-bond donors (Lipinski definition) is 1. The maximum Gasteiger partial charge on any atom is 0.410 e. The molecule has 0 aliphatic heterocycles. The second-order valence-corrected chi connectivity index (χ2v) is 7.07. The van der Waals surface area contributed by atoms with Gasteiger partial charge in [0.05, 0.1) is 0 Å². The van der Waals surface area contributed by atoms with Gasteiger partial charge < -0.3 is 19.7 Å². The van der Waals surface area contributed by atoms with Crippen LogP contribution in [0.25, 0.3) is 0 Å². The van der Waals surface area contributed by atoms with Gasteiger partial charge in [-0.05, 0) is 47.5 Å². The zero-order chi connectivity index (χ0) is 16.5. The molecule has 1 N–H and O–H groups in total. The summed E-state index contributed by atoms with van der Waals surface area (Å²) in [5.74, 6) is 0. The first-order valence-electron chi connectivity index (χ1n) is 7.84. The first-order valence-corrected chi connectivity index (χ1v) is 7.84. The number of nitrogens with one attached hydrogen (secondary N) is 1. The van der Waals surface area contributed by atoms with Crippen molar-refractivity contribution in [1.29, 1.82) is 0 Å². The predicted molar refractivity (Wildman–Crippen MR) is 86.7 cm³/mol. The molecule has 0 spiro atoms. The third-order valence-corrected chi connectivity index (χ3v) is 2.98. The predicted octanol–water partition coefficient (Wildman–Crippen LogP) is 3.04. The molecule has 5 nitrogen and oxygen atoms in total. The molecule has 0 saturated carbocycles. The summed E-state index contributed by atoms with van der Waals surface area (Å²) in [6.45, 7) is 14.9. The van der Waals surface area contributed by atoms with E-state index in [2.05, 4.69) is 26.1 Å². The van der Waals surface area contributed by atoms with Crippen molar-refractivity contribution < 1.29 is 14.3 Å². The van der Waals surface area contributed by atoms with Gasteiger partial charge >= 0.3 is 6.09 Å². The van der Waals surface area contributed by atoms with E-state index in [1.807, 2.05) is 20.8 Å². The summed E-state index contributed by atoms with van der Waals surface area (Å²) in [6, 6.07) is 0. The summed E-state index contributed by atoms with van der Waals surface area (Å²) in [5.41, 5.74) is -0.447. The molecule has 1 amide bonds. The highest BCUT2D eigenvalue weighted by Crippen LogP contribution is 2.10. The number of amides is 1. The fourth-order valence-electron chi connectivity index (χ4n) is 1.66. The third-order valence-electron chi connectivity index (χ3n) is 2.98. The smallest absolute Gasteiger partial charge is 0.410 e. The van der Waals surface area contributed by atoms with Crippen LogP contribution in [0.15, 0.2) is 0 Å². The molecule has 5 heteroatoms. The van der Waals surface area contributed by atoms with E-state index in [0.29, 0.717) is 6.54 Å². The van der Waals surface area contributed by atoms with E-state index < -0.39 is 5.60 Å². The number of carbonyl (C=O) groups is 1. The van der Waals surface area contributed by atoms with Gasteiger partial charge in [0.2, 0.25) is 0 Å². The first kappa shape index (κ1) is 20.2. The lowest BCUT2D eigenvalue weighted by Gasteiger charge is -2.29. The minimum Gasteiger partial charge on any atom is -0.444 e. The molecule has 0 aromatic heterocycles. The van der Waals surface area contributed by atoms with Gasteiger partial charge in [-0.2, -0.15) is 0 Å². The van der Waals surface area contributed by atoms with E-state index >= 15 is 0 Å². The van der Waals surface area contributed by atoms with E-state index in [1.54, 1.807) is 11.9 Å². The number of likely N-dealkylation sites (N-methyl/N-ethyl adjacent to an activating group) is 1. The molecular weight excluding hydrogens is 268 g/mol. The summed E-state index contributed by atoms with van der Waals surface area (Å²) in [6.07, 6.45) is 1.71. The van der Waals surface area contributed by atoms with Crippen LogP contribution in [0.2, 0.25) is 0 Å². The summed E-state index contributed by atoms with van der Waals surface area (Å²) in [4.78, 5) is 13.4. The highest BCUT2D eigenvalue weighted by atomic mass is 16.6. The van der Waals surface area contributed by atoms with E-state index in [9.17, 15) is 4.79 Å². The molecule has 0 fully saturated rings. The number of nitrogens with zero attached hydrogens (tertiary/aromatic N) is 1. The zero-order valence-electron chi connectivity index (χ0n) is 14.9. The summed E-state index contributed by atoms with van der Waals surface area (Å²) >= 11 is 0. The Morgan fingerprint density at radius 1 is 1.14 bits per heavy atom. The van der Waals surface area contributed by atoms with Crippen LogP contribution in [-0.2, 0) is 9.47 Å². The summed E-state index contributed by atoms with van der Waals surface area (Å²) in [7, 11) is 1.76. The molecule has 0 aromatic rings. The Balaban J connectivity index is 3.92. The highest BCUT2D eigenvalue weighted by molar-refractivity contribution is 5.67. The van der Waals surface area contributed by atoms with Crippen LogP contribution in [-0.4, -0.2) is 55.5 Å². The fraction of sp³-hybridized carbons (Fsp3) is 0.938. The van der Waals surface area contributed by atoms with E-state index in [1.165, 1.54) is 0 Å². The van der Waals surface area contributed by atoms with Gasteiger partial charge in [-0.15, -0.1) is 0 Å². The summed E-state index contributed by atoms with van der Waals surface area (Å²) < 4.78 is 10.8. The second kappa shape index (κ2) is 9.26. The minimum atomic E-state index is -0.450. The molecule has 0 aliphatic carbocycles. The highest BCUT2D eigenvalue weighted by Gasteiger charge is 2.20. The van der Waals surface area contributed by atoms with Gasteiger partial charge in [-0.1, -0.05) is 6.92 Å². The van der Waals surface area contributed by atoms with Crippen LogP contribution in [0.5, 0.6) is 0 Å². The van der Waals surface area contributed by atoms with Crippen molar-refractivity contribution in [1.82, 2.24) is 10.2 Å². The molecule has 0 atom stereocenters. The van der Waals surface area contributed by atoms with E-state index in [0.717, 1.165) is 32.6 Å². The van der Waals surface area contributed by atoms with Gasteiger partial charge in [0.25, 0.3) is 0 Å². The van der Waals surface area contributed by atoms with Crippen LogP contribution in [0.4, 0.5) is 4.79 Å². The van der Waals surface area contributed by atoms with E-state index in [-0.39, 0.29) is 11.6 Å². The maximum absolute atomic E-state index is 11.8. The average Bonchev–Trinajstić information content (AvgIpc) is 2.32. The molecular formula is C16H34N2O3. The van der Waals surface area contributed by atoms with Gasteiger partial charge in [0.15, 0.2) is 0 Å². The number of carbonyl (C=O) groups excluding carboxylic acids is 1. The van der Waals surface area contributed by atoms with Crippen molar-refractivity contribution in [2.45, 2.75) is 65.5 Å². The number of hydrogen-bond acceptors (Lipinski definition) is 4. The molecule has 0 rings (SSSR count). The molecule has 0 unspecified atom stereocenters. The summed E-state index contributed by atoms with van der Waals surface area (Å²) in [5, 5.41) is 3.46. The Morgan fingerprint density at radius 2 is 1.76 bits per heavy atom. The van der Waals surface area contributed by atoms with Gasteiger partial charge in [0.1, 0.15) is 5.60 Å². The lowest BCUT2D eigenvalue weighted by Crippen LogP contribution is -2.45. The first-order chi connectivity index (χ1) is 9.57. The lowest BCUT2D eigenvalue weighted by atomic mass is 10.0. The van der Waals surface area contributed by atoms with Crippen molar-refractivity contribution in [3.8, 4) is 0 Å². The Morgan fingerprint density at radius 3 is 2.29 bits per heavy atom. The van der Waals surface area contributed by atoms with Crippen molar-refractivity contribution in [3.63, 3.8) is 0 Å². The van der Waals surface area contributed by atoms with Crippen LogP contribution in [0.3, 0.4) is 0 Å². The third kappa shape index (κ3) is 11.5. The van der Waals surface area contributed by atoms with Crippen molar-refractivity contribution in [2.75, 3.05) is 33.4 Å². The average molecular weight is 302 g/mol. The second-order valence-electron chi connectivity index (χ2n) is 7.07. The SMILES string of the molecule is CCCOCCC(C)(C)NCCN(C)C(=O)OC(C)(C)C. The van der Waals surface area contributed by atoms with Crippen molar-refractivity contribution in [3.05, 3.63) is 0 Å². The van der Waals surface area contributed by atoms with Crippen LogP contribution in [0.1, 0.15) is 54.4 Å². The largest absolute Gasteiger partial charge is 0.444 e. The van der Waals surface area contributed by atoms with Gasteiger partial charge in [0, 0.05) is 38.9 Å². The Kier molecular flexibility index (Phi) is 8.90. The monoisotopic (exact) mass is 302 g/mol. The Bertz CT molecular complexity index is 298. The molecule has 0 aromatic carbocycles. The molecule has 0 saturated heterocycles. The number of ether oxygens (including phenoxy) is 2. The topological polar surface area (TPSA) is 50.8 Å².